The number of hydrogen-bond donors (Lipinski definition) is 0. The molecule has 0 bridgehead atoms. The van der Waals surface area contributed by atoms with Gasteiger partial charge in [0.2, 0.25) is 0 Å². The Morgan fingerprint density at radius 1 is 1.08 bits per heavy atom. The van der Waals surface area contributed by atoms with Crippen LogP contribution in [0.25, 0.3) is 0 Å². The molecule has 2 aromatic rings. The van der Waals surface area contributed by atoms with Gasteiger partial charge in [0, 0.05) is 17.0 Å². The molecule has 0 spiro atoms. The number of likely N-dealkylation sites (tertiary alicyclic amines) is 1. The lowest BCUT2D eigenvalue weighted by Crippen LogP contribution is -2.37. The Kier molecular flexibility index (Phi) is 4.41. The van der Waals surface area contributed by atoms with Crippen molar-refractivity contribution in [2.75, 3.05) is 6.54 Å². The molecule has 138 valence electrons. The predicted octanol–water partition coefficient (Wildman–Crippen LogP) is 2.73. The van der Waals surface area contributed by atoms with Crippen LogP contribution in [0.2, 0.25) is 0 Å². The molecule has 26 heavy (non-hydrogen) atoms. The summed E-state index contributed by atoms with van der Waals surface area (Å²) < 4.78 is 1.73. The summed E-state index contributed by atoms with van der Waals surface area (Å²) in [6, 6.07) is 2.24. The normalized spacial score (nSPS) is 22.5. The van der Waals surface area contributed by atoms with Crippen molar-refractivity contribution in [2.45, 2.75) is 76.9 Å². The van der Waals surface area contributed by atoms with E-state index < -0.39 is 0 Å². The first kappa shape index (κ1) is 16.6. The summed E-state index contributed by atoms with van der Waals surface area (Å²) in [7, 11) is 0. The number of rotatable bonds is 4. The molecule has 0 radical (unpaired) electrons. The average Bonchev–Trinajstić information content (AvgIpc) is 3.33. The summed E-state index contributed by atoms with van der Waals surface area (Å²) >= 11 is 1.90. The van der Waals surface area contributed by atoms with Crippen LogP contribution in [0.3, 0.4) is 0 Å². The SMILES string of the molecule is O=c1cc2c(nn1CC1CCCN1Cc1nc3c(s1)CCC3)CCCC2. The van der Waals surface area contributed by atoms with Crippen LogP contribution in [-0.4, -0.2) is 32.3 Å². The molecule has 5 rings (SSSR count). The zero-order valence-electron chi connectivity index (χ0n) is 15.2. The number of aryl methyl sites for hydroxylation is 4. The molecule has 1 atom stereocenters. The van der Waals surface area contributed by atoms with E-state index in [0.29, 0.717) is 6.04 Å². The average molecular weight is 371 g/mol. The fraction of sp³-hybridized carbons (Fsp3) is 0.650. The van der Waals surface area contributed by atoms with Crippen molar-refractivity contribution < 1.29 is 0 Å². The second-order valence-electron chi connectivity index (χ2n) is 7.94. The molecular weight excluding hydrogens is 344 g/mol. The Morgan fingerprint density at radius 2 is 1.96 bits per heavy atom. The highest BCUT2D eigenvalue weighted by Gasteiger charge is 2.28. The van der Waals surface area contributed by atoms with Gasteiger partial charge in [0.05, 0.1) is 24.5 Å². The van der Waals surface area contributed by atoms with Gasteiger partial charge in [-0.15, -0.1) is 11.3 Å². The van der Waals surface area contributed by atoms with Gasteiger partial charge in [0.25, 0.3) is 5.56 Å². The lowest BCUT2D eigenvalue weighted by Gasteiger charge is -2.24. The summed E-state index contributed by atoms with van der Waals surface area (Å²) in [5.41, 5.74) is 3.74. The fourth-order valence-electron chi connectivity index (χ4n) is 4.73. The van der Waals surface area contributed by atoms with Crippen LogP contribution >= 0.6 is 11.3 Å². The zero-order valence-corrected chi connectivity index (χ0v) is 16.1. The first-order chi connectivity index (χ1) is 12.8. The van der Waals surface area contributed by atoms with Gasteiger partial charge in [0.1, 0.15) is 5.01 Å². The molecule has 1 fully saturated rings. The van der Waals surface area contributed by atoms with Crippen LogP contribution in [-0.2, 0) is 38.8 Å². The van der Waals surface area contributed by atoms with Gasteiger partial charge in [-0.25, -0.2) is 9.67 Å². The molecule has 2 aromatic heterocycles. The highest BCUT2D eigenvalue weighted by molar-refractivity contribution is 7.11. The van der Waals surface area contributed by atoms with Crippen LogP contribution in [0.15, 0.2) is 10.9 Å². The minimum Gasteiger partial charge on any atom is -0.292 e. The molecule has 6 heteroatoms. The molecule has 3 heterocycles. The zero-order chi connectivity index (χ0) is 17.5. The van der Waals surface area contributed by atoms with E-state index in [2.05, 4.69) is 4.90 Å². The van der Waals surface area contributed by atoms with Crippen molar-refractivity contribution in [3.63, 3.8) is 0 Å². The highest BCUT2D eigenvalue weighted by atomic mass is 32.1. The van der Waals surface area contributed by atoms with Crippen LogP contribution < -0.4 is 5.56 Å². The van der Waals surface area contributed by atoms with Crippen LogP contribution in [0.1, 0.15) is 58.9 Å². The maximum atomic E-state index is 12.5. The van der Waals surface area contributed by atoms with E-state index in [1.807, 2.05) is 17.4 Å². The van der Waals surface area contributed by atoms with Gasteiger partial charge in [-0.1, -0.05) is 0 Å². The van der Waals surface area contributed by atoms with Crippen molar-refractivity contribution in [2.24, 2.45) is 0 Å². The molecule has 0 amide bonds. The third kappa shape index (κ3) is 3.14. The quantitative estimate of drug-likeness (QED) is 0.830. The number of hydrogen-bond acceptors (Lipinski definition) is 5. The van der Waals surface area contributed by atoms with Crippen LogP contribution in [0, 0.1) is 0 Å². The van der Waals surface area contributed by atoms with Crippen molar-refractivity contribution in [3.05, 3.63) is 43.3 Å². The monoisotopic (exact) mass is 370 g/mol. The first-order valence-corrected chi connectivity index (χ1v) is 10.9. The van der Waals surface area contributed by atoms with Gasteiger partial charge in [-0.3, -0.25) is 9.69 Å². The first-order valence-electron chi connectivity index (χ1n) is 10.1. The van der Waals surface area contributed by atoms with E-state index in [-0.39, 0.29) is 5.56 Å². The highest BCUT2D eigenvalue weighted by Crippen LogP contribution is 2.30. The molecule has 1 unspecified atom stereocenters. The van der Waals surface area contributed by atoms with Crippen molar-refractivity contribution in [1.29, 1.82) is 0 Å². The van der Waals surface area contributed by atoms with Crippen molar-refractivity contribution >= 4 is 11.3 Å². The molecule has 5 nitrogen and oxygen atoms in total. The van der Waals surface area contributed by atoms with Gasteiger partial charge in [-0.05, 0) is 69.9 Å². The van der Waals surface area contributed by atoms with Crippen molar-refractivity contribution in [1.82, 2.24) is 19.7 Å². The standard InChI is InChI=1S/C20H26N4OS/c25-20-11-14-5-1-2-7-16(14)22-24(20)12-15-6-4-10-23(15)13-19-21-17-8-3-9-18(17)26-19/h11,15H,1-10,12-13H2. The maximum absolute atomic E-state index is 12.5. The Hall–Kier alpha value is -1.53. The lowest BCUT2D eigenvalue weighted by atomic mass is 9.97. The minimum atomic E-state index is 0.0747. The largest absolute Gasteiger partial charge is 0.292 e. The second kappa shape index (κ2) is 6.89. The minimum absolute atomic E-state index is 0.0747. The van der Waals surface area contributed by atoms with E-state index >= 15 is 0 Å². The maximum Gasteiger partial charge on any atom is 0.267 e. The molecule has 0 aromatic carbocycles. The number of aromatic nitrogens is 3. The molecular formula is C20H26N4OS. The molecule has 1 saturated heterocycles. The van der Waals surface area contributed by atoms with Crippen LogP contribution in [0.5, 0.6) is 0 Å². The van der Waals surface area contributed by atoms with Gasteiger partial charge in [0.15, 0.2) is 0 Å². The van der Waals surface area contributed by atoms with Crippen LogP contribution in [0.4, 0.5) is 0 Å². The third-order valence-corrected chi connectivity index (χ3v) is 7.28. The fourth-order valence-corrected chi connectivity index (χ4v) is 5.91. The second-order valence-corrected chi connectivity index (χ2v) is 9.11. The van der Waals surface area contributed by atoms with E-state index in [9.17, 15) is 4.79 Å². The summed E-state index contributed by atoms with van der Waals surface area (Å²) in [6.07, 6.45) is 10.4. The van der Waals surface area contributed by atoms with E-state index in [1.165, 1.54) is 53.2 Å². The van der Waals surface area contributed by atoms with E-state index in [4.69, 9.17) is 10.1 Å². The molecule has 0 saturated carbocycles. The topological polar surface area (TPSA) is 51.0 Å². The summed E-state index contributed by atoms with van der Waals surface area (Å²) in [6.45, 7) is 2.76. The Labute approximate surface area is 158 Å². The lowest BCUT2D eigenvalue weighted by molar-refractivity contribution is 0.215. The Morgan fingerprint density at radius 3 is 2.88 bits per heavy atom. The smallest absolute Gasteiger partial charge is 0.267 e. The summed E-state index contributed by atoms with van der Waals surface area (Å²) in [4.78, 5) is 21.4. The number of thiazole rings is 1. The number of nitrogens with zero attached hydrogens (tertiary/aromatic N) is 4. The van der Waals surface area contributed by atoms with Gasteiger partial charge >= 0.3 is 0 Å². The molecule has 2 aliphatic carbocycles. The third-order valence-electron chi connectivity index (χ3n) is 6.13. The number of fused-ring (bicyclic) bond motifs is 2. The molecule has 3 aliphatic rings. The van der Waals surface area contributed by atoms with E-state index in [1.54, 1.807) is 4.68 Å². The Balaban J connectivity index is 1.32. The van der Waals surface area contributed by atoms with E-state index in [0.717, 1.165) is 51.0 Å². The summed E-state index contributed by atoms with van der Waals surface area (Å²) in [5, 5.41) is 5.98. The summed E-state index contributed by atoms with van der Waals surface area (Å²) in [5.74, 6) is 0. The van der Waals surface area contributed by atoms with Gasteiger partial charge < -0.3 is 0 Å². The molecule has 0 N–H and O–H groups in total. The van der Waals surface area contributed by atoms with Crippen molar-refractivity contribution in [3.8, 4) is 0 Å². The molecule has 1 aliphatic heterocycles. The van der Waals surface area contributed by atoms with Gasteiger partial charge in [-0.2, -0.15) is 5.10 Å². The Bertz CT molecular complexity index is 850. The predicted molar refractivity (Wildman–Crippen MR) is 103 cm³/mol.